The lowest BCUT2D eigenvalue weighted by Crippen LogP contribution is -2.17. The number of esters is 2. The van der Waals surface area contributed by atoms with Crippen LogP contribution in [0.5, 0.6) is 5.75 Å². The van der Waals surface area contributed by atoms with Crippen LogP contribution in [0.2, 0.25) is 0 Å². The van der Waals surface area contributed by atoms with Gasteiger partial charge in [0, 0.05) is 6.08 Å². The number of benzene rings is 2. The summed E-state index contributed by atoms with van der Waals surface area (Å²) >= 11 is 0. The second-order valence-corrected chi connectivity index (χ2v) is 3.79. The molecule has 0 saturated heterocycles. The molecule has 0 N–H and O–H groups in total. The summed E-state index contributed by atoms with van der Waals surface area (Å²) < 4.78 is 9.65. The molecular weight excluding hydrogens is 244 g/mol. The van der Waals surface area contributed by atoms with Crippen LogP contribution in [0.3, 0.4) is 0 Å². The summed E-state index contributed by atoms with van der Waals surface area (Å²) in [5, 5.41) is 2.02. The lowest BCUT2D eigenvalue weighted by atomic mass is 10.1. The van der Waals surface area contributed by atoms with Crippen LogP contribution in [0.25, 0.3) is 10.8 Å². The Kier molecular flexibility index (Phi) is 3.93. The Hall–Kier alpha value is -2.62. The van der Waals surface area contributed by atoms with E-state index in [2.05, 4.69) is 11.3 Å². The number of carbonyl (C=O) groups is 2. The van der Waals surface area contributed by atoms with Gasteiger partial charge in [0.25, 0.3) is 0 Å². The van der Waals surface area contributed by atoms with Gasteiger partial charge in [-0.3, -0.25) is 0 Å². The van der Waals surface area contributed by atoms with Crippen LogP contribution in [0.4, 0.5) is 0 Å². The van der Waals surface area contributed by atoms with Gasteiger partial charge in [0.05, 0.1) is 0 Å². The topological polar surface area (TPSA) is 52.6 Å². The van der Waals surface area contributed by atoms with E-state index in [1.165, 1.54) is 0 Å². The third kappa shape index (κ3) is 3.42. The van der Waals surface area contributed by atoms with Gasteiger partial charge in [-0.1, -0.05) is 36.9 Å². The molecule has 0 amide bonds. The SMILES string of the molecule is C=CC(=O)OCC(=O)Oc1ccc2ccccc2c1. The van der Waals surface area contributed by atoms with E-state index in [-0.39, 0.29) is 0 Å². The molecule has 0 aliphatic rings. The fourth-order valence-electron chi connectivity index (χ4n) is 1.58. The molecule has 4 nitrogen and oxygen atoms in total. The number of rotatable bonds is 4. The van der Waals surface area contributed by atoms with E-state index in [4.69, 9.17) is 4.74 Å². The minimum absolute atomic E-state index is 0.415. The van der Waals surface area contributed by atoms with Crippen molar-refractivity contribution < 1.29 is 19.1 Å². The molecule has 0 fully saturated rings. The lowest BCUT2D eigenvalue weighted by molar-refractivity contribution is -0.150. The Balaban J connectivity index is 2.02. The predicted octanol–water partition coefficient (Wildman–Crippen LogP) is 2.47. The molecule has 0 heterocycles. The summed E-state index contributed by atoms with van der Waals surface area (Å²) in [5.41, 5.74) is 0. The highest BCUT2D eigenvalue weighted by molar-refractivity contribution is 5.86. The van der Waals surface area contributed by atoms with Gasteiger partial charge in [-0.05, 0) is 22.9 Å². The zero-order chi connectivity index (χ0) is 13.7. The predicted molar refractivity (Wildman–Crippen MR) is 70.7 cm³/mol. The first-order chi connectivity index (χ1) is 9.19. The third-order valence-corrected chi connectivity index (χ3v) is 2.45. The summed E-state index contributed by atoms with van der Waals surface area (Å²) in [6.07, 6.45) is 0.989. The molecule has 4 heteroatoms. The van der Waals surface area contributed by atoms with E-state index in [0.29, 0.717) is 5.75 Å². The monoisotopic (exact) mass is 256 g/mol. The third-order valence-electron chi connectivity index (χ3n) is 2.45. The molecule has 0 bridgehead atoms. The molecular formula is C15H12O4. The Bertz CT molecular complexity index is 631. The molecule has 2 aromatic rings. The zero-order valence-corrected chi connectivity index (χ0v) is 10.2. The quantitative estimate of drug-likeness (QED) is 0.479. The van der Waals surface area contributed by atoms with Crippen LogP contribution in [-0.4, -0.2) is 18.5 Å². The highest BCUT2D eigenvalue weighted by Gasteiger charge is 2.07. The Morgan fingerprint density at radius 3 is 2.58 bits per heavy atom. The number of hydrogen-bond donors (Lipinski definition) is 0. The molecule has 0 unspecified atom stereocenters. The van der Waals surface area contributed by atoms with Gasteiger partial charge >= 0.3 is 11.9 Å². The van der Waals surface area contributed by atoms with E-state index >= 15 is 0 Å². The van der Waals surface area contributed by atoms with Crippen molar-refractivity contribution in [3.63, 3.8) is 0 Å². The van der Waals surface area contributed by atoms with Gasteiger partial charge in [-0.15, -0.1) is 0 Å². The first-order valence-corrected chi connectivity index (χ1v) is 5.68. The molecule has 0 aliphatic carbocycles. The van der Waals surface area contributed by atoms with Crippen molar-refractivity contribution in [1.82, 2.24) is 0 Å². The molecule has 96 valence electrons. The van der Waals surface area contributed by atoms with E-state index in [0.717, 1.165) is 16.8 Å². The maximum absolute atomic E-state index is 11.4. The summed E-state index contributed by atoms with van der Waals surface area (Å²) in [6.45, 7) is 2.80. The molecule has 0 spiro atoms. The van der Waals surface area contributed by atoms with Crippen LogP contribution in [0, 0.1) is 0 Å². The van der Waals surface area contributed by atoms with Gasteiger partial charge < -0.3 is 9.47 Å². The fourth-order valence-corrected chi connectivity index (χ4v) is 1.58. The van der Waals surface area contributed by atoms with Crippen molar-refractivity contribution in [2.24, 2.45) is 0 Å². The summed E-state index contributed by atoms with van der Waals surface area (Å²) in [4.78, 5) is 22.2. The van der Waals surface area contributed by atoms with Crippen LogP contribution in [-0.2, 0) is 14.3 Å². The molecule has 19 heavy (non-hydrogen) atoms. The van der Waals surface area contributed by atoms with Gasteiger partial charge in [-0.25, -0.2) is 9.59 Å². The van der Waals surface area contributed by atoms with Crippen molar-refractivity contribution in [2.45, 2.75) is 0 Å². The van der Waals surface area contributed by atoms with Crippen molar-refractivity contribution in [3.8, 4) is 5.75 Å². The second-order valence-electron chi connectivity index (χ2n) is 3.79. The molecule has 0 radical (unpaired) electrons. The van der Waals surface area contributed by atoms with Crippen molar-refractivity contribution in [1.29, 1.82) is 0 Å². The number of hydrogen-bond acceptors (Lipinski definition) is 4. The Labute approximate surface area is 110 Å². The van der Waals surface area contributed by atoms with Crippen LogP contribution < -0.4 is 4.74 Å². The average molecular weight is 256 g/mol. The van der Waals surface area contributed by atoms with Gasteiger partial charge in [0.1, 0.15) is 5.75 Å². The smallest absolute Gasteiger partial charge is 0.349 e. The maximum atomic E-state index is 11.4. The van der Waals surface area contributed by atoms with Crippen molar-refractivity contribution in [2.75, 3.05) is 6.61 Å². The van der Waals surface area contributed by atoms with Gasteiger partial charge in [0.15, 0.2) is 6.61 Å². The van der Waals surface area contributed by atoms with Crippen LogP contribution >= 0.6 is 0 Å². The molecule has 0 saturated carbocycles. The first-order valence-electron chi connectivity index (χ1n) is 5.68. The molecule has 0 atom stereocenters. The minimum Gasteiger partial charge on any atom is -0.451 e. The van der Waals surface area contributed by atoms with E-state index in [9.17, 15) is 9.59 Å². The number of fused-ring (bicyclic) bond motifs is 1. The number of carbonyl (C=O) groups excluding carboxylic acids is 2. The van der Waals surface area contributed by atoms with Gasteiger partial charge in [0.2, 0.25) is 0 Å². The van der Waals surface area contributed by atoms with E-state index < -0.39 is 18.5 Å². The molecule has 0 aromatic heterocycles. The van der Waals surface area contributed by atoms with Crippen LogP contribution in [0.15, 0.2) is 55.1 Å². The first kappa shape index (κ1) is 12.8. The van der Waals surface area contributed by atoms with Crippen molar-refractivity contribution in [3.05, 3.63) is 55.1 Å². The van der Waals surface area contributed by atoms with Crippen LogP contribution in [0.1, 0.15) is 0 Å². The standard InChI is InChI=1S/C15H12O4/c1-2-14(16)18-10-15(17)19-13-8-7-11-5-3-4-6-12(11)9-13/h2-9H,1,10H2. The molecule has 2 aromatic carbocycles. The maximum Gasteiger partial charge on any atom is 0.349 e. The average Bonchev–Trinajstić information content (AvgIpc) is 2.44. The van der Waals surface area contributed by atoms with E-state index in [1.54, 1.807) is 12.1 Å². The fraction of sp³-hybridized carbons (Fsp3) is 0.0667. The van der Waals surface area contributed by atoms with Crippen molar-refractivity contribution >= 4 is 22.7 Å². The zero-order valence-electron chi connectivity index (χ0n) is 10.2. The highest BCUT2D eigenvalue weighted by atomic mass is 16.6. The second kappa shape index (κ2) is 5.82. The summed E-state index contributed by atoms with van der Waals surface area (Å²) in [5.74, 6) is -0.876. The van der Waals surface area contributed by atoms with Gasteiger partial charge in [-0.2, -0.15) is 0 Å². The molecule has 2 rings (SSSR count). The summed E-state index contributed by atoms with van der Waals surface area (Å²) in [6, 6.07) is 13.0. The summed E-state index contributed by atoms with van der Waals surface area (Å²) in [7, 11) is 0. The highest BCUT2D eigenvalue weighted by Crippen LogP contribution is 2.20. The Morgan fingerprint density at radius 1 is 1.11 bits per heavy atom. The Morgan fingerprint density at radius 2 is 1.84 bits per heavy atom. The normalized spacial score (nSPS) is 9.89. The van der Waals surface area contributed by atoms with E-state index in [1.807, 2.05) is 30.3 Å². The lowest BCUT2D eigenvalue weighted by Gasteiger charge is -2.05. The largest absolute Gasteiger partial charge is 0.451 e. The number of ether oxygens (including phenoxy) is 2. The minimum atomic E-state index is -0.657. The molecule has 0 aliphatic heterocycles.